The molecule has 0 aromatic carbocycles. The van der Waals surface area contributed by atoms with Gasteiger partial charge in [0, 0.05) is 7.05 Å². The summed E-state index contributed by atoms with van der Waals surface area (Å²) in [7, 11) is 1.66. The van der Waals surface area contributed by atoms with Gasteiger partial charge in [-0.3, -0.25) is 4.68 Å². The second-order valence-corrected chi connectivity index (χ2v) is 2.72. The minimum Gasteiger partial charge on any atom is -0.255 e. The number of hydrogen-bond donors (Lipinski definition) is 1. The standard InChI is InChI=1S/C5H5ClN6O/c1-11-4(6)3(2-7-11)12-5(13)8-9-10-12/h2H,1H3,(H,8,10,13). The molecule has 0 saturated heterocycles. The summed E-state index contributed by atoms with van der Waals surface area (Å²) >= 11 is 5.83. The van der Waals surface area contributed by atoms with Gasteiger partial charge in [-0.15, -0.1) is 0 Å². The third-order valence-electron chi connectivity index (χ3n) is 1.55. The molecular formula is C5H5ClN6O. The van der Waals surface area contributed by atoms with Crippen molar-refractivity contribution in [1.82, 2.24) is 30.0 Å². The molecule has 8 heteroatoms. The molecule has 68 valence electrons. The van der Waals surface area contributed by atoms with Crippen LogP contribution in [-0.4, -0.2) is 30.0 Å². The largest absolute Gasteiger partial charge is 0.366 e. The van der Waals surface area contributed by atoms with Crippen LogP contribution in [0.1, 0.15) is 0 Å². The number of aromatic nitrogens is 6. The van der Waals surface area contributed by atoms with E-state index in [4.69, 9.17) is 11.6 Å². The second-order valence-electron chi connectivity index (χ2n) is 2.36. The summed E-state index contributed by atoms with van der Waals surface area (Å²) in [5, 5.41) is 13.2. The number of halogens is 1. The molecule has 0 aliphatic rings. The van der Waals surface area contributed by atoms with Gasteiger partial charge < -0.3 is 0 Å². The predicted octanol–water partition coefficient (Wildman–Crippen LogP) is -0.658. The van der Waals surface area contributed by atoms with Crippen LogP contribution in [0.15, 0.2) is 11.0 Å². The summed E-state index contributed by atoms with van der Waals surface area (Å²) < 4.78 is 2.47. The third-order valence-corrected chi connectivity index (χ3v) is 1.99. The number of hydrogen-bond acceptors (Lipinski definition) is 4. The molecule has 0 fully saturated rings. The van der Waals surface area contributed by atoms with Crippen molar-refractivity contribution in [2.24, 2.45) is 7.05 Å². The first-order chi connectivity index (χ1) is 6.20. The van der Waals surface area contributed by atoms with E-state index >= 15 is 0 Å². The molecule has 0 unspecified atom stereocenters. The van der Waals surface area contributed by atoms with Crippen molar-refractivity contribution < 1.29 is 0 Å². The summed E-state index contributed by atoms with van der Waals surface area (Å²) in [6.07, 6.45) is 1.44. The van der Waals surface area contributed by atoms with E-state index in [0.717, 1.165) is 4.68 Å². The molecule has 0 radical (unpaired) electrons. The molecular weight excluding hydrogens is 196 g/mol. The Kier molecular flexibility index (Phi) is 1.66. The molecule has 0 atom stereocenters. The molecule has 0 aliphatic carbocycles. The normalized spacial score (nSPS) is 10.6. The fraction of sp³-hybridized carbons (Fsp3) is 0.200. The molecule has 0 bridgehead atoms. The van der Waals surface area contributed by atoms with Crippen LogP contribution in [0.25, 0.3) is 5.69 Å². The van der Waals surface area contributed by atoms with E-state index in [-0.39, 0.29) is 0 Å². The number of aromatic amines is 1. The molecule has 2 aromatic heterocycles. The van der Waals surface area contributed by atoms with Gasteiger partial charge in [0.05, 0.1) is 6.20 Å². The Morgan fingerprint density at radius 2 is 2.38 bits per heavy atom. The van der Waals surface area contributed by atoms with Gasteiger partial charge >= 0.3 is 5.69 Å². The zero-order valence-electron chi connectivity index (χ0n) is 6.60. The SMILES string of the molecule is Cn1ncc(-n2nn[nH]c2=O)c1Cl. The van der Waals surface area contributed by atoms with Crippen LogP contribution in [0.4, 0.5) is 0 Å². The van der Waals surface area contributed by atoms with Crippen LogP contribution in [0.5, 0.6) is 0 Å². The van der Waals surface area contributed by atoms with Gasteiger partial charge in [0.1, 0.15) is 5.69 Å². The Balaban J connectivity index is 2.66. The molecule has 0 amide bonds. The van der Waals surface area contributed by atoms with Crippen molar-refractivity contribution in [3.63, 3.8) is 0 Å². The van der Waals surface area contributed by atoms with Crippen LogP contribution in [0.3, 0.4) is 0 Å². The van der Waals surface area contributed by atoms with E-state index in [1.165, 1.54) is 10.9 Å². The topological polar surface area (TPSA) is 81.4 Å². The maximum absolute atomic E-state index is 11.1. The lowest BCUT2D eigenvalue weighted by Crippen LogP contribution is -2.15. The Bertz CT molecular complexity index is 481. The van der Waals surface area contributed by atoms with E-state index in [2.05, 4.69) is 20.6 Å². The fourth-order valence-electron chi connectivity index (χ4n) is 0.909. The predicted molar refractivity (Wildman–Crippen MR) is 43.8 cm³/mol. The minimum atomic E-state index is -0.449. The number of rotatable bonds is 1. The highest BCUT2D eigenvalue weighted by atomic mass is 35.5. The molecule has 13 heavy (non-hydrogen) atoms. The van der Waals surface area contributed by atoms with Crippen molar-refractivity contribution in [2.45, 2.75) is 0 Å². The maximum Gasteiger partial charge on any atom is 0.366 e. The number of nitrogens with one attached hydrogen (secondary N) is 1. The van der Waals surface area contributed by atoms with Crippen LogP contribution >= 0.6 is 11.6 Å². The first kappa shape index (κ1) is 7.99. The highest BCUT2D eigenvalue weighted by Gasteiger charge is 2.11. The van der Waals surface area contributed by atoms with Crippen molar-refractivity contribution in [3.05, 3.63) is 21.8 Å². The zero-order valence-corrected chi connectivity index (χ0v) is 7.36. The van der Waals surface area contributed by atoms with E-state index in [9.17, 15) is 4.79 Å². The molecule has 0 spiro atoms. The number of aryl methyl sites for hydroxylation is 1. The Hall–Kier alpha value is -1.63. The van der Waals surface area contributed by atoms with Crippen molar-refractivity contribution in [3.8, 4) is 5.69 Å². The van der Waals surface area contributed by atoms with Gasteiger partial charge in [-0.2, -0.15) is 9.78 Å². The number of H-pyrrole nitrogens is 1. The summed E-state index contributed by atoms with van der Waals surface area (Å²) in [4.78, 5) is 11.1. The van der Waals surface area contributed by atoms with Crippen molar-refractivity contribution in [2.75, 3.05) is 0 Å². The van der Waals surface area contributed by atoms with Crippen LogP contribution in [0.2, 0.25) is 5.15 Å². The molecule has 1 N–H and O–H groups in total. The second kappa shape index (κ2) is 2.70. The summed E-state index contributed by atoms with van der Waals surface area (Å²) in [5.41, 5.74) is -0.0437. The van der Waals surface area contributed by atoms with Gasteiger partial charge in [0.2, 0.25) is 0 Å². The van der Waals surface area contributed by atoms with Gasteiger partial charge in [-0.1, -0.05) is 11.6 Å². The highest BCUT2D eigenvalue weighted by molar-refractivity contribution is 6.31. The lowest BCUT2D eigenvalue weighted by molar-refractivity contribution is 0.760. The van der Waals surface area contributed by atoms with E-state index in [0.29, 0.717) is 10.8 Å². The molecule has 0 saturated carbocycles. The first-order valence-corrected chi connectivity index (χ1v) is 3.76. The van der Waals surface area contributed by atoms with E-state index in [1.54, 1.807) is 7.05 Å². The average molecular weight is 201 g/mol. The molecule has 2 heterocycles. The van der Waals surface area contributed by atoms with Gasteiger partial charge in [-0.05, 0) is 10.4 Å². The minimum absolute atomic E-state index is 0.330. The van der Waals surface area contributed by atoms with Crippen LogP contribution in [-0.2, 0) is 7.05 Å². The lowest BCUT2D eigenvalue weighted by Gasteiger charge is -1.93. The zero-order chi connectivity index (χ0) is 9.42. The molecule has 2 rings (SSSR count). The molecule has 0 aliphatic heterocycles. The molecule has 7 nitrogen and oxygen atoms in total. The Morgan fingerprint density at radius 1 is 1.62 bits per heavy atom. The third kappa shape index (κ3) is 1.13. The first-order valence-electron chi connectivity index (χ1n) is 3.38. The summed E-state index contributed by atoms with van der Waals surface area (Å²) in [6, 6.07) is 0. The van der Waals surface area contributed by atoms with Crippen molar-refractivity contribution in [1.29, 1.82) is 0 Å². The monoisotopic (exact) mass is 200 g/mol. The molecule has 2 aromatic rings. The van der Waals surface area contributed by atoms with E-state index < -0.39 is 5.69 Å². The number of nitrogens with zero attached hydrogens (tertiary/aromatic N) is 5. The Morgan fingerprint density at radius 3 is 2.85 bits per heavy atom. The van der Waals surface area contributed by atoms with Crippen LogP contribution < -0.4 is 5.69 Å². The van der Waals surface area contributed by atoms with Gasteiger partial charge in [0.25, 0.3) is 0 Å². The van der Waals surface area contributed by atoms with E-state index in [1.807, 2.05) is 0 Å². The fourth-order valence-corrected chi connectivity index (χ4v) is 1.08. The number of tetrazole rings is 1. The van der Waals surface area contributed by atoms with Crippen LogP contribution in [0, 0.1) is 0 Å². The lowest BCUT2D eigenvalue weighted by atomic mass is 10.6. The van der Waals surface area contributed by atoms with Crippen molar-refractivity contribution >= 4 is 11.6 Å². The smallest absolute Gasteiger partial charge is 0.255 e. The average Bonchev–Trinajstić information content (AvgIpc) is 2.62. The summed E-state index contributed by atoms with van der Waals surface area (Å²) in [5.74, 6) is 0. The summed E-state index contributed by atoms with van der Waals surface area (Å²) in [6.45, 7) is 0. The van der Waals surface area contributed by atoms with Gasteiger partial charge in [-0.25, -0.2) is 9.89 Å². The van der Waals surface area contributed by atoms with Gasteiger partial charge in [0.15, 0.2) is 5.15 Å². The maximum atomic E-state index is 11.1. The Labute approximate surface area is 76.9 Å². The quantitative estimate of drug-likeness (QED) is 0.663. The highest BCUT2D eigenvalue weighted by Crippen LogP contribution is 2.15.